The van der Waals surface area contributed by atoms with Gasteiger partial charge in [-0.05, 0) is 6.07 Å². The lowest BCUT2D eigenvalue weighted by Crippen LogP contribution is -2.34. The number of hydrogen-bond acceptors (Lipinski definition) is 4. The molecular weight excluding hydrogens is 334 g/mol. The quantitative estimate of drug-likeness (QED) is 0.734. The molecule has 5 nitrogen and oxygen atoms in total. The third-order valence-corrected chi connectivity index (χ3v) is 4.34. The van der Waals surface area contributed by atoms with E-state index >= 15 is 0 Å². The maximum atomic E-state index is 12.0. The zero-order chi connectivity index (χ0) is 18.3. The second-order valence-electron chi connectivity index (χ2n) is 6.62. The molecule has 0 fully saturated rings. The van der Waals surface area contributed by atoms with E-state index in [1.54, 1.807) is 17.4 Å². The zero-order valence-corrected chi connectivity index (χ0v) is 15.8. The largest absolute Gasteiger partial charge is 0.489 e. The first-order valence-electron chi connectivity index (χ1n) is 8.18. The van der Waals surface area contributed by atoms with E-state index < -0.39 is 0 Å². The molecule has 1 heterocycles. The standard InChI is InChI=1S/C19H25N3O2S/c1-5-10-24-15-9-7-6-8-14(15)11-20-18(23)21-12-17-22-16(13-25-17)19(2,3)4/h5-9,13H,1,10-12H2,2-4H3,(H2,20,21,23). The average Bonchev–Trinajstić information content (AvgIpc) is 3.06. The number of nitrogens with one attached hydrogen (secondary N) is 2. The number of carbonyl (C=O) groups excluding carboxylic acids is 1. The molecule has 2 rings (SSSR count). The molecule has 2 N–H and O–H groups in total. The van der Waals surface area contributed by atoms with Gasteiger partial charge in [0, 0.05) is 22.9 Å². The predicted molar refractivity (Wildman–Crippen MR) is 102 cm³/mol. The Kier molecular flexibility index (Phi) is 6.58. The first-order chi connectivity index (χ1) is 11.9. The summed E-state index contributed by atoms with van der Waals surface area (Å²) in [6.07, 6.45) is 1.69. The number of benzene rings is 1. The second-order valence-corrected chi connectivity index (χ2v) is 7.56. The number of urea groups is 1. The molecule has 0 aliphatic rings. The van der Waals surface area contributed by atoms with Crippen LogP contribution in [0.4, 0.5) is 4.79 Å². The van der Waals surface area contributed by atoms with Crippen molar-refractivity contribution in [3.8, 4) is 5.75 Å². The van der Waals surface area contributed by atoms with Crippen molar-refractivity contribution in [3.63, 3.8) is 0 Å². The molecule has 134 valence electrons. The van der Waals surface area contributed by atoms with Crippen molar-refractivity contribution in [1.29, 1.82) is 0 Å². The first-order valence-corrected chi connectivity index (χ1v) is 9.06. The van der Waals surface area contributed by atoms with E-state index in [2.05, 4.69) is 43.0 Å². The van der Waals surface area contributed by atoms with Crippen LogP contribution in [0.25, 0.3) is 0 Å². The van der Waals surface area contributed by atoms with E-state index in [-0.39, 0.29) is 11.4 Å². The highest BCUT2D eigenvalue weighted by atomic mass is 32.1. The molecule has 0 spiro atoms. The number of carbonyl (C=O) groups is 1. The van der Waals surface area contributed by atoms with Crippen LogP contribution in [-0.2, 0) is 18.5 Å². The van der Waals surface area contributed by atoms with Crippen LogP contribution in [-0.4, -0.2) is 17.6 Å². The minimum absolute atomic E-state index is 0.0200. The Morgan fingerprint density at radius 3 is 2.68 bits per heavy atom. The molecule has 25 heavy (non-hydrogen) atoms. The number of ether oxygens (including phenoxy) is 1. The smallest absolute Gasteiger partial charge is 0.315 e. The molecule has 0 radical (unpaired) electrons. The number of aromatic nitrogens is 1. The monoisotopic (exact) mass is 359 g/mol. The van der Waals surface area contributed by atoms with Gasteiger partial charge in [-0.25, -0.2) is 9.78 Å². The van der Waals surface area contributed by atoms with Crippen molar-refractivity contribution in [2.45, 2.75) is 39.3 Å². The minimum atomic E-state index is -0.231. The Hall–Kier alpha value is -2.34. The van der Waals surface area contributed by atoms with Gasteiger partial charge in [0.2, 0.25) is 0 Å². The van der Waals surface area contributed by atoms with Gasteiger partial charge in [0.25, 0.3) is 0 Å². The predicted octanol–water partition coefficient (Wildman–Crippen LogP) is 4.00. The Morgan fingerprint density at radius 1 is 1.28 bits per heavy atom. The summed E-state index contributed by atoms with van der Waals surface area (Å²) in [5.41, 5.74) is 1.98. The summed E-state index contributed by atoms with van der Waals surface area (Å²) in [6, 6.07) is 7.39. The van der Waals surface area contributed by atoms with Gasteiger partial charge in [-0.1, -0.05) is 51.6 Å². The third-order valence-electron chi connectivity index (χ3n) is 3.49. The van der Waals surface area contributed by atoms with E-state index in [0.717, 1.165) is 22.0 Å². The molecule has 0 aliphatic heterocycles. The highest BCUT2D eigenvalue weighted by Crippen LogP contribution is 2.23. The van der Waals surface area contributed by atoms with Crippen molar-refractivity contribution in [3.05, 3.63) is 58.6 Å². The normalized spacial score (nSPS) is 11.0. The Morgan fingerprint density at radius 2 is 2.00 bits per heavy atom. The van der Waals surface area contributed by atoms with Crippen LogP contribution in [0.15, 0.2) is 42.3 Å². The van der Waals surface area contributed by atoms with Crippen LogP contribution >= 0.6 is 11.3 Å². The van der Waals surface area contributed by atoms with Crippen LogP contribution in [0.1, 0.15) is 37.0 Å². The molecule has 2 amide bonds. The maximum absolute atomic E-state index is 12.0. The van der Waals surface area contributed by atoms with E-state index in [1.807, 2.05) is 29.6 Å². The van der Waals surface area contributed by atoms with Gasteiger partial charge in [0.1, 0.15) is 17.4 Å². The molecule has 0 saturated carbocycles. The van der Waals surface area contributed by atoms with Gasteiger partial charge >= 0.3 is 6.03 Å². The van der Waals surface area contributed by atoms with Gasteiger partial charge in [0.15, 0.2) is 0 Å². The van der Waals surface area contributed by atoms with Crippen molar-refractivity contribution >= 4 is 17.4 Å². The van der Waals surface area contributed by atoms with Crippen molar-refractivity contribution in [1.82, 2.24) is 15.6 Å². The third kappa shape index (κ3) is 5.90. The molecule has 0 saturated heterocycles. The van der Waals surface area contributed by atoms with Crippen LogP contribution in [0, 0.1) is 0 Å². The summed E-state index contributed by atoms with van der Waals surface area (Å²) in [7, 11) is 0. The topological polar surface area (TPSA) is 63.2 Å². The van der Waals surface area contributed by atoms with E-state index in [1.165, 1.54) is 0 Å². The molecule has 6 heteroatoms. The second kappa shape index (κ2) is 8.67. The molecule has 1 aromatic heterocycles. The summed E-state index contributed by atoms with van der Waals surface area (Å²) in [5.74, 6) is 0.748. The Balaban J connectivity index is 1.83. The van der Waals surface area contributed by atoms with E-state index in [4.69, 9.17) is 4.74 Å². The SMILES string of the molecule is C=CCOc1ccccc1CNC(=O)NCc1nc(C(C)(C)C)cs1. The number of rotatable bonds is 7. The van der Waals surface area contributed by atoms with Gasteiger partial charge in [-0.3, -0.25) is 0 Å². The summed E-state index contributed by atoms with van der Waals surface area (Å²) in [6.45, 7) is 11.3. The van der Waals surface area contributed by atoms with Gasteiger partial charge < -0.3 is 15.4 Å². The summed E-state index contributed by atoms with van der Waals surface area (Å²) in [5, 5.41) is 8.62. The number of thiazole rings is 1. The number of amides is 2. The van der Waals surface area contributed by atoms with E-state index in [9.17, 15) is 4.79 Å². The summed E-state index contributed by atoms with van der Waals surface area (Å²) >= 11 is 1.56. The lowest BCUT2D eigenvalue weighted by molar-refractivity contribution is 0.240. The highest BCUT2D eigenvalue weighted by Gasteiger charge is 2.17. The number of hydrogen-bond donors (Lipinski definition) is 2. The van der Waals surface area contributed by atoms with Crippen LogP contribution in [0.3, 0.4) is 0 Å². The molecule has 2 aromatic rings. The van der Waals surface area contributed by atoms with Crippen LogP contribution in [0.5, 0.6) is 5.75 Å². The summed E-state index contributed by atoms with van der Waals surface area (Å²) in [4.78, 5) is 16.6. The van der Waals surface area contributed by atoms with Crippen LogP contribution < -0.4 is 15.4 Å². The fraction of sp³-hybridized carbons (Fsp3) is 0.368. The first kappa shape index (κ1) is 19.0. The minimum Gasteiger partial charge on any atom is -0.489 e. The van der Waals surface area contributed by atoms with Gasteiger partial charge in [0.05, 0.1) is 12.2 Å². The van der Waals surface area contributed by atoms with Crippen molar-refractivity contribution in [2.24, 2.45) is 0 Å². The average molecular weight is 359 g/mol. The Labute approximate surface area is 153 Å². The van der Waals surface area contributed by atoms with Crippen molar-refractivity contribution < 1.29 is 9.53 Å². The molecule has 1 aromatic carbocycles. The fourth-order valence-electron chi connectivity index (χ4n) is 2.07. The van der Waals surface area contributed by atoms with Gasteiger partial charge in [-0.2, -0.15) is 0 Å². The molecular formula is C19H25N3O2S. The highest BCUT2D eigenvalue weighted by molar-refractivity contribution is 7.09. The lowest BCUT2D eigenvalue weighted by Gasteiger charge is -2.14. The lowest BCUT2D eigenvalue weighted by atomic mass is 9.93. The maximum Gasteiger partial charge on any atom is 0.315 e. The molecule has 0 aliphatic carbocycles. The number of para-hydroxylation sites is 1. The molecule has 0 unspecified atom stereocenters. The van der Waals surface area contributed by atoms with Gasteiger partial charge in [-0.15, -0.1) is 11.3 Å². The molecule has 0 atom stereocenters. The van der Waals surface area contributed by atoms with E-state index in [0.29, 0.717) is 19.7 Å². The molecule has 0 bridgehead atoms. The Bertz CT molecular complexity index is 719. The fourth-order valence-corrected chi connectivity index (χ4v) is 3.03. The van der Waals surface area contributed by atoms with Crippen LogP contribution in [0.2, 0.25) is 0 Å². The summed E-state index contributed by atoms with van der Waals surface area (Å²) < 4.78 is 5.58. The number of nitrogens with zero attached hydrogens (tertiary/aromatic N) is 1. The zero-order valence-electron chi connectivity index (χ0n) is 15.0. The van der Waals surface area contributed by atoms with Crippen molar-refractivity contribution in [2.75, 3.05) is 6.61 Å².